The molecule has 0 aromatic carbocycles. The zero-order chi connectivity index (χ0) is 16.1. The van der Waals surface area contributed by atoms with Crippen LogP contribution in [0.15, 0.2) is 23.2 Å². The molecule has 0 aliphatic rings. The number of nitrogens with zero attached hydrogens (tertiary/aromatic N) is 3. The number of aryl methyl sites for hydroxylation is 2. The van der Waals surface area contributed by atoms with Crippen molar-refractivity contribution in [3.8, 4) is 0 Å². The summed E-state index contributed by atoms with van der Waals surface area (Å²) in [5.74, 6) is 0. The highest BCUT2D eigenvalue weighted by Gasteiger charge is 2.21. The van der Waals surface area contributed by atoms with Crippen LogP contribution in [0.25, 0.3) is 11.0 Å². The van der Waals surface area contributed by atoms with Gasteiger partial charge in [0.25, 0.3) is 10.0 Å². The van der Waals surface area contributed by atoms with E-state index in [1.165, 1.54) is 12.3 Å². The Balaban J connectivity index is 2.02. The lowest BCUT2D eigenvalue weighted by molar-refractivity contribution is 0.601. The molecule has 0 aliphatic heterocycles. The smallest absolute Gasteiger partial charge is 0.264 e. The number of nitrogens with one attached hydrogen (secondary N) is 1. The maximum Gasteiger partial charge on any atom is 0.264 e. The van der Waals surface area contributed by atoms with Crippen molar-refractivity contribution >= 4 is 61.3 Å². The van der Waals surface area contributed by atoms with Gasteiger partial charge in [-0.25, -0.2) is 13.4 Å². The van der Waals surface area contributed by atoms with Crippen molar-refractivity contribution < 1.29 is 8.42 Å². The normalized spacial score (nSPS) is 12.0. The van der Waals surface area contributed by atoms with Crippen LogP contribution in [0.4, 0.5) is 5.69 Å². The van der Waals surface area contributed by atoms with Crippen LogP contribution in [0.5, 0.6) is 0 Å². The second kappa shape index (κ2) is 5.38. The van der Waals surface area contributed by atoms with E-state index in [-0.39, 0.29) is 9.23 Å². The number of rotatable bonds is 3. The topological polar surface area (TPSA) is 76.9 Å². The van der Waals surface area contributed by atoms with Crippen LogP contribution >= 0.6 is 34.5 Å². The van der Waals surface area contributed by atoms with Gasteiger partial charge in [-0.2, -0.15) is 5.10 Å². The number of thiophene rings is 1. The van der Waals surface area contributed by atoms with Crippen LogP contribution in [0.1, 0.15) is 5.69 Å². The minimum atomic E-state index is -3.82. The van der Waals surface area contributed by atoms with Gasteiger partial charge in [0.05, 0.1) is 21.9 Å². The molecule has 0 fully saturated rings. The molecular formula is C12H10Cl2N4O2S2. The summed E-state index contributed by atoms with van der Waals surface area (Å²) in [4.78, 5) is 4.18. The summed E-state index contributed by atoms with van der Waals surface area (Å²) in [5.41, 5.74) is 1.78. The molecule has 0 spiro atoms. The number of pyridine rings is 1. The highest BCUT2D eigenvalue weighted by atomic mass is 35.5. The highest BCUT2D eigenvalue weighted by molar-refractivity contribution is 7.93. The van der Waals surface area contributed by atoms with Gasteiger partial charge < -0.3 is 0 Å². The molecule has 0 bridgehead atoms. The molecule has 3 rings (SSSR count). The molecule has 6 nitrogen and oxygen atoms in total. The summed E-state index contributed by atoms with van der Waals surface area (Å²) in [6.07, 6.45) is 1.43. The van der Waals surface area contributed by atoms with Gasteiger partial charge in [0.15, 0.2) is 5.65 Å². The number of anilines is 1. The van der Waals surface area contributed by atoms with Crippen molar-refractivity contribution in [2.75, 3.05) is 4.72 Å². The van der Waals surface area contributed by atoms with Gasteiger partial charge in [-0.05, 0) is 19.1 Å². The summed E-state index contributed by atoms with van der Waals surface area (Å²) >= 11 is 12.7. The fourth-order valence-electron chi connectivity index (χ4n) is 2.08. The molecule has 0 unspecified atom stereocenters. The summed E-state index contributed by atoms with van der Waals surface area (Å²) in [7, 11) is -2.04. The maximum atomic E-state index is 12.4. The van der Waals surface area contributed by atoms with Gasteiger partial charge in [-0.1, -0.05) is 23.2 Å². The third-order valence-corrected chi connectivity index (χ3v) is 6.16. The van der Waals surface area contributed by atoms with Crippen LogP contribution in [0, 0.1) is 6.92 Å². The van der Waals surface area contributed by atoms with Crippen LogP contribution in [0.3, 0.4) is 0 Å². The SMILES string of the molecule is Cc1nn(C)c2ncc(NS(=O)(=O)c3cc(Cl)sc3Cl)cc12. The van der Waals surface area contributed by atoms with Gasteiger partial charge >= 0.3 is 0 Å². The predicted molar refractivity (Wildman–Crippen MR) is 88.4 cm³/mol. The Hall–Kier alpha value is -1.35. The minimum Gasteiger partial charge on any atom is -0.278 e. The zero-order valence-electron chi connectivity index (χ0n) is 11.5. The molecule has 3 aromatic heterocycles. The van der Waals surface area contributed by atoms with Crippen molar-refractivity contribution in [3.63, 3.8) is 0 Å². The van der Waals surface area contributed by atoms with Crippen LogP contribution in [-0.4, -0.2) is 23.2 Å². The second-order valence-corrected chi connectivity index (χ2v) is 8.53. The molecule has 10 heteroatoms. The lowest BCUT2D eigenvalue weighted by Gasteiger charge is -2.07. The molecule has 3 aromatic rings. The standard InChI is InChI=1S/C12H10Cl2N4O2S2/c1-6-8-3-7(5-15-12(8)18(2)16-6)17-22(19,20)9-4-10(13)21-11(9)14/h3-5,17H,1-2H3. The third kappa shape index (κ3) is 2.67. The highest BCUT2D eigenvalue weighted by Crippen LogP contribution is 2.35. The van der Waals surface area contributed by atoms with Gasteiger partial charge in [-0.3, -0.25) is 9.40 Å². The molecule has 0 amide bonds. The summed E-state index contributed by atoms with van der Waals surface area (Å²) < 4.78 is 29.2. The maximum absolute atomic E-state index is 12.4. The minimum absolute atomic E-state index is 0.0489. The Morgan fingerprint density at radius 1 is 1.32 bits per heavy atom. The quantitative estimate of drug-likeness (QED) is 0.759. The zero-order valence-corrected chi connectivity index (χ0v) is 14.6. The van der Waals surface area contributed by atoms with Gasteiger partial charge in [-0.15, -0.1) is 11.3 Å². The molecule has 1 N–H and O–H groups in total. The van der Waals surface area contributed by atoms with Crippen molar-refractivity contribution in [1.82, 2.24) is 14.8 Å². The van der Waals surface area contributed by atoms with Gasteiger partial charge in [0, 0.05) is 12.4 Å². The molecule has 0 aliphatic carbocycles. The fraction of sp³-hybridized carbons (Fsp3) is 0.167. The Morgan fingerprint density at radius 2 is 2.05 bits per heavy atom. The lowest BCUT2D eigenvalue weighted by Crippen LogP contribution is -2.12. The van der Waals surface area contributed by atoms with E-state index in [1.54, 1.807) is 17.8 Å². The Morgan fingerprint density at radius 3 is 2.68 bits per heavy atom. The second-order valence-electron chi connectivity index (χ2n) is 4.60. The Labute approximate surface area is 140 Å². The van der Waals surface area contributed by atoms with E-state index in [0.717, 1.165) is 22.4 Å². The number of fused-ring (bicyclic) bond motifs is 1. The lowest BCUT2D eigenvalue weighted by atomic mass is 10.3. The molecule has 3 heterocycles. The van der Waals surface area contributed by atoms with E-state index >= 15 is 0 Å². The number of sulfonamides is 1. The van der Waals surface area contributed by atoms with Crippen LogP contribution < -0.4 is 4.72 Å². The first-order valence-corrected chi connectivity index (χ1v) is 9.10. The van der Waals surface area contributed by atoms with Crippen LogP contribution in [-0.2, 0) is 17.1 Å². The van der Waals surface area contributed by atoms with Crippen molar-refractivity contribution in [3.05, 3.63) is 32.7 Å². The first-order valence-electron chi connectivity index (χ1n) is 6.05. The summed E-state index contributed by atoms with van der Waals surface area (Å²) in [6.45, 7) is 1.83. The monoisotopic (exact) mass is 376 g/mol. The predicted octanol–water partition coefficient (Wildman–Crippen LogP) is 3.45. The number of aromatic nitrogens is 3. The summed E-state index contributed by atoms with van der Waals surface area (Å²) in [5, 5.41) is 5.02. The van der Waals surface area contributed by atoms with Crippen molar-refractivity contribution in [2.45, 2.75) is 11.8 Å². The number of hydrogen-bond donors (Lipinski definition) is 1. The number of hydrogen-bond acceptors (Lipinski definition) is 5. The van der Waals surface area contributed by atoms with Crippen molar-refractivity contribution in [2.24, 2.45) is 7.05 Å². The average molecular weight is 377 g/mol. The van der Waals surface area contributed by atoms with E-state index in [0.29, 0.717) is 15.7 Å². The molecule has 0 radical (unpaired) electrons. The number of halogens is 2. The van der Waals surface area contributed by atoms with Crippen molar-refractivity contribution in [1.29, 1.82) is 0 Å². The average Bonchev–Trinajstić information content (AvgIpc) is 2.90. The molecular weight excluding hydrogens is 367 g/mol. The first-order chi connectivity index (χ1) is 10.3. The van der Waals surface area contributed by atoms with Gasteiger partial charge in [0.2, 0.25) is 0 Å². The van der Waals surface area contributed by atoms with Crippen LogP contribution in [0.2, 0.25) is 8.67 Å². The van der Waals surface area contributed by atoms with E-state index in [9.17, 15) is 8.42 Å². The van der Waals surface area contributed by atoms with Gasteiger partial charge in [0.1, 0.15) is 9.23 Å². The summed E-state index contributed by atoms with van der Waals surface area (Å²) in [6, 6.07) is 3.00. The third-order valence-electron chi connectivity index (χ3n) is 3.03. The Kier molecular flexibility index (Phi) is 3.80. The molecule has 0 saturated carbocycles. The first kappa shape index (κ1) is 15.5. The molecule has 116 valence electrons. The van der Waals surface area contributed by atoms with E-state index < -0.39 is 10.0 Å². The molecule has 0 saturated heterocycles. The van der Waals surface area contributed by atoms with E-state index in [2.05, 4.69) is 14.8 Å². The molecule has 22 heavy (non-hydrogen) atoms. The Bertz CT molecular complexity index is 979. The van der Waals surface area contributed by atoms with E-state index in [1.807, 2.05) is 6.92 Å². The largest absolute Gasteiger partial charge is 0.278 e. The molecule has 0 atom stereocenters. The van der Waals surface area contributed by atoms with E-state index in [4.69, 9.17) is 23.2 Å². The fourth-order valence-corrected chi connectivity index (χ4v) is 5.27.